The Kier molecular flexibility index (Phi) is 5.35. The molecule has 1 aromatic carbocycles. The van der Waals surface area contributed by atoms with Crippen LogP contribution in [0.4, 0.5) is 5.69 Å². The molecule has 0 amide bonds. The molecule has 1 aliphatic rings. The number of unbranched alkanes of at least 4 members (excludes halogenated alkanes) is 2. The quantitative estimate of drug-likeness (QED) is 0.427. The van der Waals surface area contributed by atoms with E-state index in [0.29, 0.717) is 24.9 Å². The Hall–Kier alpha value is -1.62. The van der Waals surface area contributed by atoms with E-state index in [2.05, 4.69) is 12.2 Å². The fourth-order valence-corrected chi connectivity index (χ4v) is 2.02. The summed E-state index contributed by atoms with van der Waals surface area (Å²) in [6.45, 7) is 3.33. The molecule has 20 heavy (non-hydrogen) atoms. The zero-order valence-electron chi connectivity index (χ0n) is 11.9. The number of rotatable bonds is 9. The van der Waals surface area contributed by atoms with E-state index in [1.165, 1.54) is 12.8 Å². The number of benzene rings is 1. The third-order valence-electron chi connectivity index (χ3n) is 3.40. The summed E-state index contributed by atoms with van der Waals surface area (Å²) in [5, 5.41) is 14.5. The molecule has 5 heteroatoms. The van der Waals surface area contributed by atoms with Crippen LogP contribution in [0.3, 0.4) is 0 Å². The third-order valence-corrected chi connectivity index (χ3v) is 3.40. The summed E-state index contributed by atoms with van der Waals surface area (Å²) < 4.78 is 5.53. The van der Waals surface area contributed by atoms with Crippen molar-refractivity contribution in [1.82, 2.24) is 5.32 Å². The number of nitrogens with zero attached hydrogens (tertiary/aromatic N) is 1. The Balaban J connectivity index is 1.96. The first-order valence-corrected chi connectivity index (χ1v) is 7.34. The van der Waals surface area contributed by atoms with E-state index in [4.69, 9.17) is 4.74 Å². The fourth-order valence-electron chi connectivity index (χ4n) is 2.02. The Morgan fingerprint density at radius 3 is 2.85 bits per heavy atom. The maximum atomic E-state index is 11.1. The third kappa shape index (κ3) is 4.49. The van der Waals surface area contributed by atoms with Gasteiger partial charge >= 0.3 is 5.69 Å². The molecule has 5 nitrogen and oxygen atoms in total. The lowest BCUT2D eigenvalue weighted by molar-refractivity contribution is -0.385. The van der Waals surface area contributed by atoms with Crippen molar-refractivity contribution in [1.29, 1.82) is 0 Å². The summed E-state index contributed by atoms with van der Waals surface area (Å²) in [6, 6.07) is 5.83. The lowest BCUT2D eigenvalue weighted by Gasteiger charge is -2.08. The maximum Gasteiger partial charge on any atom is 0.311 e. The maximum absolute atomic E-state index is 11.1. The van der Waals surface area contributed by atoms with Gasteiger partial charge in [0, 0.05) is 18.7 Å². The van der Waals surface area contributed by atoms with Crippen molar-refractivity contribution in [2.24, 2.45) is 0 Å². The first-order valence-electron chi connectivity index (χ1n) is 7.34. The standard InChI is InChI=1S/C15H22N2O3/c1-2-3-4-9-20-15-8-5-12(10-14(15)17(18)19)11-16-13-6-7-13/h5,8,10,13,16H,2-4,6-7,9,11H2,1H3. The Labute approximate surface area is 119 Å². The summed E-state index contributed by atoms with van der Waals surface area (Å²) in [5.74, 6) is 0.376. The minimum absolute atomic E-state index is 0.0663. The molecule has 0 spiro atoms. The van der Waals surface area contributed by atoms with Crippen LogP contribution in [-0.2, 0) is 6.54 Å². The van der Waals surface area contributed by atoms with E-state index in [9.17, 15) is 10.1 Å². The molecule has 0 bridgehead atoms. The van der Waals surface area contributed by atoms with Crippen LogP contribution in [0, 0.1) is 10.1 Å². The summed E-state index contributed by atoms with van der Waals surface area (Å²) in [6.07, 6.45) is 5.54. The Morgan fingerprint density at radius 1 is 1.40 bits per heavy atom. The van der Waals surface area contributed by atoms with Crippen LogP contribution in [0.5, 0.6) is 5.75 Å². The summed E-state index contributed by atoms with van der Waals surface area (Å²) in [4.78, 5) is 10.8. The van der Waals surface area contributed by atoms with Gasteiger partial charge in [-0.2, -0.15) is 0 Å². The van der Waals surface area contributed by atoms with Crippen LogP contribution >= 0.6 is 0 Å². The van der Waals surface area contributed by atoms with Gasteiger partial charge in [-0.3, -0.25) is 10.1 Å². The van der Waals surface area contributed by atoms with E-state index in [-0.39, 0.29) is 10.6 Å². The fraction of sp³-hybridized carbons (Fsp3) is 0.600. The molecule has 1 aliphatic carbocycles. The van der Waals surface area contributed by atoms with Crippen LogP contribution < -0.4 is 10.1 Å². The Morgan fingerprint density at radius 2 is 2.20 bits per heavy atom. The molecular formula is C15H22N2O3. The molecule has 0 radical (unpaired) electrons. The van der Waals surface area contributed by atoms with E-state index < -0.39 is 0 Å². The minimum atomic E-state index is -0.365. The predicted octanol–water partition coefficient (Wildman–Crippen LogP) is 3.42. The van der Waals surface area contributed by atoms with Crippen LogP contribution in [-0.4, -0.2) is 17.6 Å². The highest BCUT2D eigenvalue weighted by molar-refractivity contribution is 5.48. The summed E-state index contributed by atoms with van der Waals surface area (Å²) >= 11 is 0. The number of hydrogen-bond donors (Lipinski definition) is 1. The monoisotopic (exact) mass is 278 g/mol. The topological polar surface area (TPSA) is 64.4 Å². The first-order chi connectivity index (χ1) is 9.70. The molecule has 1 fully saturated rings. The number of hydrogen-bond acceptors (Lipinski definition) is 4. The van der Waals surface area contributed by atoms with E-state index in [1.807, 2.05) is 6.07 Å². The lowest BCUT2D eigenvalue weighted by atomic mass is 10.2. The molecule has 0 heterocycles. The second-order valence-electron chi connectivity index (χ2n) is 5.27. The summed E-state index contributed by atoms with van der Waals surface area (Å²) in [7, 11) is 0. The zero-order valence-corrected chi connectivity index (χ0v) is 11.9. The van der Waals surface area contributed by atoms with Gasteiger partial charge in [0.25, 0.3) is 0 Å². The van der Waals surface area contributed by atoms with Gasteiger partial charge in [0.15, 0.2) is 5.75 Å². The molecule has 0 atom stereocenters. The number of nitro groups is 1. The Bertz CT molecular complexity index is 458. The van der Waals surface area contributed by atoms with Gasteiger partial charge in [0.1, 0.15) is 0 Å². The molecule has 2 rings (SSSR count). The SMILES string of the molecule is CCCCCOc1ccc(CNC2CC2)cc1[N+](=O)[O-]. The largest absolute Gasteiger partial charge is 0.487 e. The van der Waals surface area contributed by atoms with Crippen molar-refractivity contribution < 1.29 is 9.66 Å². The minimum Gasteiger partial charge on any atom is -0.487 e. The van der Waals surface area contributed by atoms with Gasteiger partial charge < -0.3 is 10.1 Å². The van der Waals surface area contributed by atoms with Gasteiger partial charge in [0.05, 0.1) is 11.5 Å². The van der Waals surface area contributed by atoms with Crippen molar-refractivity contribution in [2.75, 3.05) is 6.61 Å². The van der Waals surface area contributed by atoms with E-state index in [1.54, 1.807) is 12.1 Å². The molecule has 1 aromatic rings. The number of nitro benzene ring substituents is 1. The predicted molar refractivity (Wildman–Crippen MR) is 78.0 cm³/mol. The van der Waals surface area contributed by atoms with Crippen molar-refractivity contribution in [3.8, 4) is 5.75 Å². The van der Waals surface area contributed by atoms with E-state index >= 15 is 0 Å². The second kappa shape index (κ2) is 7.24. The smallest absolute Gasteiger partial charge is 0.311 e. The van der Waals surface area contributed by atoms with Gasteiger partial charge in [-0.1, -0.05) is 25.8 Å². The van der Waals surface area contributed by atoms with Gasteiger partial charge in [-0.25, -0.2) is 0 Å². The van der Waals surface area contributed by atoms with Gasteiger partial charge in [-0.15, -0.1) is 0 Å². The van der Waals surface area contributed by atoms with Crippen molar-refractivity contribution in [3.05, 3.63) is 33.9 Å². The molecule has 0 saturated heterocycles. The van der Waals surface area contributed by atoms with Crippen molar-refractivity contribution in [2.45, 2.75) is 51.6 Å². The van der Waals surface area contributed by atoms with Gasteiger partial charge in [-0.05, 0) is 30.9 Å². The number of ether oxygens (including phenoxy) is 1. The highest BCUT2D eigenvalue weighted by Crippen LogP contribution is 2.28. The van der Waals surface area contributed by atoms with Crippen molar-refractivity contribution >= 4 is 5.69 Å². The summed E-state index contributed by atoms with van der Waals surface area (Å²) in [5.41, 5.74) is 1.00. The molecule has 0 aliphatic heterocycles. The zero-order chi connectivity index (χ0) is 14.4. The molecule has 1 N–H and O–H groups in total. The lowest BCUT2D eigenvalue weighted by Crippen LogP contribution is -2.15. The van der Waals surface area contributed by atoms with Crippen LogP contribution in [0.1, 0.15) is 44.6 Å². The first kappa shape index (κ1) is 14.8. The second-order valence-corrected chi connectivity index (χ2v) is 5.27. The van der Waals surface area contributed by atoms with E-state index in [0.717, 1.165) is 24.8 Å². The molecule has 1 saturated carbocycles. The molecule has 0 unspecified atom stereocenters. The van der Waals surface area contributed by atoms with Gasteiger partial charge in [0.2, 0.25) is 0 Å². The van der Waals surface area contributed by atoms with Crippen LogP contribution in [0.2, 0.25) is 0 Å². The highest BCUT2D eigenvalue weighted by Gasteiger charge is 2.21. The molecular weight excluding hydrogens is 256 g/mol. The van der Waals surface area contributed by atoms with Crippen molar-refractivity contribution in [3.63, 3.8) is 0 Å². The average Bonchev–Trinajstić information content (AvgIpc) is 3.26. The molecule has 0 aromatic heterocycles. The normalized spacial score (nSPS) is 14.2. The van der Waals surface area contributed by atoms with Crippen LogP contribution in [0.25, 0.3) is 0 Å². The highest BCUT2D eigenvalue weighted by atomic mass is 16.6. The average molecular weight is 278 g/mol. The number of nitrogens with one attached hydrogen (secondary N) is 1. The molecule has 110 valence electrons. The van der Waals surface area contributed by atoms with Crippen LogP contribution in [0.15, 0.2) is 18.2 Å².